The second kappa shape index (κ2) is 8.75. The maximum atomic E-state index is 12.4. The first-order chi connectivity index (χ1) is 13.8. The lowest BCUT2D eigenvalue weighted by atomic mass is 10.1. The lowest BCUT2D eigenvalue weighted by Crippen LogP contribution is -2.12. The number of ether oxygens (including phenoxy) is 1. The van der Waals surface area contributed by atoms with E-state index in [0.29, 0.717) is 21.8 Å². The van der Waals surface area contributed by atoms with Crippen LogP contribution in [0.5, 0.6) is 0 Å². The van der Waals surface area contributed by atoms with Gasteiger partial charge in [0.15, 0.2) is 5.78 Å². The molecule has 0 aliphatic carbocycles. The summed E-state index contributed by atoms with van der Waals surface area (Å²) in [7, 11) is 0. The number of hydrogen-bond donors (Lipinski definition) is 2. The molecule has 0 aliphatic rings. The second-order valence-corrected chi connectivity index (χ2v) is 6.96. The lowest BCUT2D eigenvalue weighted by molar-refractivity contribution is 0.0466. The fourth-order valence-electron chi connectivity index (χ4n) is 2.62. The van der Waals surface area contributed by atoms with Crippen LogP contribution in [-0.2, 0) is 11.3 Å². The minimum Gasteiger partial charge on any atom is -0.456 e. The minimum atomic E-state index is -0.558. The van der Waals surface area contributed by atoms with Gasteiger partial charge in [-0.15, -0.1) is 0 Å². The quantitative estimate of drug-likeness (QED) is 0.451. The van der Waals surface area contributed by atoms with Crippen LogP contribution in [0.2, 0.25) is 5.02 Å². The van der Waals surface area contributed by atoms with Crippen molar-refractivity contribution in [3.05, 3.63) is 87.7 Å². The van der Waals surface area contributed by atoms with Crippen molar-refractivity contribution < 1.29 is 19.1 Å². The number of Topliss-reactive ketones (excluding diaryl/α,β-unsaturated/α-hetero) is 1. The number of aromatic amines is 1. The van der Waals surface area contributed by atoms with E-state index in [0.717, 1.165) is 11.1 Å². The number of rotatable bonds is 6. The third kappa shape index (κ3) is 5.12. The molecule has 0 fully saturated rings. The molecule has 2 N–H and O–H groups in total. The van der Waals surface area contributed by atoms with E-state index in [1.807, 2.05) is 6.92 Å². The first kappa shape index (κ1) is 20.4. The normalized spacial score (nSPS) is 10.4. The molecule has 7 heteroatoms. The van der Waals surface area contributed by atoms with Crippen LogP contribution in [-0.4, -0.2) is 22.6 Å². The molecule has 0 saturated carbocycles. The van der Waals surface area contributed by atoms with Crippen molar-refractivity contribution >= 4 is 34.9 Å². The van der Waals surface area contributed by atoms with Crippen LogP contribution < -0.4 is 5.32 Å². The standard InChI is InChI=1S/C22H19ClN2O4/c1-13-9-18(7-8-19(13)23)25-21(27)16-5-3-15(4-6-16)12-29-22(28)20-10-17(11-24-20)14(2)26/h3-11,24H,12H2,1-2H3,(H,25,27). The summed E-state index contributed by atoms with van der Waals surface area (Å²) in [6.45, 7) is 3.33. The van der Waals surface area contributed by atoms with Crippen molar-refractivity contribution in [1.82, 2.24) is 4.98 Å². The van der Waals surface area contributed by atoms with Gasteiger partial charge in [0.25, 0.3) is 5.91 Å². The molecular weight excluding hydrogens is 392 g/mol. The Balaban J connectivity index is 1.57. The van der Waals surface area contributed by atoms with E-state index >= 15 is 0 Å². The molecular formula is C22H19ClN2O4. The van der Waals surface area contributed by atoms with Crippen molar-refractivity contribution in [3.8, 4) is 0 Å². The Morgan fingerprint density at radius 2 is 1.76 bits per heavy atom. The number of carbonyl (C=O) groups excluding carboxylic acids is 3. The van der Waals surface area contributed by atoms with E-state index < -0.39 is 5.97 Å². The summed E-state index contributed by atoms with van der Waals surface area (Å²) < 4.78 is 5.23. The van der Waals surface area contributed by atoms with Gasteiger partial charge >= 0.3 is 5.97 Å². The van der Waals surface area contributed by atoms with E-state index in [4.69, 9.17) is 16.3 Å². The Morgan fingerprint density at radius 3 is 2.38 bits per heavy atom. The van der Waals surface area contributed by atoms with Gasteiger partial charge in [0.05, 0.1) is 0 Å². The second-order valence-electron chi connectivity index (χ2n) is 6.55. The molecule has 1 aromatic heterocycles. The Hall–Kier alpha value is -3.38. The number of anilines is 1. The number of ketones is 1. The van der Waals surface area contributed by atoms with Crippen LogP contribution in [0, 0.1) is 6.92 Å². The van der Waals surface area contributed by atoms with Crippen LogP contribution in [0.1, 0.15) is 49.3 Å². The number of nitrogens with one attached hydrogen (secondary N) is 2. The number of aromatic nitrogens is 1. The summed E-state index contributed by atoms with van der Waals surface area (Å²) in [4.78, 5) is 38.4. The van der Waals surface area contributed by atoms with Crippen molar-refractivity contribution in [2.24, 2.45) is 0 Å². The molecule has 0 atom stereocenters. The number of esters is 1. The minimum absolute atomic E-state index is 0.0472. The molecule has 29 heavy (non-hydrogen) atoms. The zero-order chi connectivity index (χ0) is 21.0. The van der Waals surface area contributed by atoms with E-state index in [1.54, 1.807) is 42.5 Å². The fraction of sp³-hybridized carbons (Fsp3) is 0.136. The molecule has 0 spiro atoms. The van der Waals surface area contributed by atoms with E-state index in [9.17, 15) is 14.4 Å². The molecule has 3 rings (SSSR count). The summed E-state index contributed by atoms with van der Waals surface area (Å²) in [6, 6.07) is 13.5. The van der Waals surface area contributed by atoms with Crippen molar-refractivity contribution in [3.63, 3.8) is 0 Å². The highest BCUT2D eigenvalue weighted by molar-refractivity contribution is 6.31. The Labute approximate surface area is 172 Å². The topological polar surface area (TPSA) is 88.3 Å². The zero-order valence-corrected chi connectivity index (χ0v) is 16.7. The first-order valence-corrected chi connectivity index (χ1v) is 9.24. The molecule has 3 aromatic rings. The largest absolute Gasteiger partial charge is 0.456 e. The summed E-state index contributed by atoms with van der Waals surface area (Å²) >= 11 is 5.99. The van der Waals surface area contributed by atoms with Crippen LogP contribution in [0.25, 0.3) is 0 Å². The number of H-pyrrole nitrogens is 1. The SMILES string of the molecule is CC(=O)c1c[nH]c(C(=O)OCc2ccc(C(=O)Nc3ccc(Cl)c(C)c3)cc2)c1. The predicted octanol–water partition coefficient (Wildman–Crippen LogP) is 4.79. The Bertz CT molecular complexity index is 1070. The number of benzene rings is 2. The lowest BCUT2D eigenvalue weighted by Gasteiger charge is -2.08. The van der Waals surface area contributed by atoms with E-state index in [2.05, 4.69) is 10.3 Å². The summed E-state index contributed by atoms with van der Waals surface area (Å²) in [5.41, 5.74) is 3.37. The smallest absolute Gasteiger partial charge is 0.355 e. The number of hydrogen-bond acceptors (Lipinski definition) is 4. The highest BCUT2D eigenvalue weighted by atomic mass is 35.5. The summed E-state index contributed by atoms with van der Waals surface area (Å²) in [6.07, 6.45) is 1.47. The maximum Gasteiger partial charge on any atom is 0.355 e. The molecule has 0 radical (unpaired) electrons. The summed E-state index contributed by atoms with van der Waals surface area (Å²) in [5, 5.41) is 3.45. The van der Waals surface area contributed by atoms with Crippen molar-refractivity contribution in [2.45, 2.75) is 20.5 Å². The highest BCUT2D eigenvalue weighted by Crippen LogP contribution is 2.20. The van der Waals surface area contributed by atoms with Crippen molar-refractivity contribution in [2.75, 3.05) is 5.32 Å². The van der Waals surface area contributed by atoms with E-state index in [-0.39, 0.29) is 24.0 Å². The van der Waals surface area contributed by atoms with Crippen LogP contribution >= 0.6 is 11.6 Å². The monoisotopic (exact) mass is 410 g/mol. The molecule has 0 aliphatic heterocycles. The van der Waals surface area contributed by atoms with Gasteiger partial charge in [-0.05, 0) is 61.4 Å². The molecule has 1 amide bonds. The zero-order valence-electron chi connectivity index (χ0n) is 15.9. The Kier molecular flexibility index (Phi) is 6.14. The van der Waals surface area contributed by atoms with Crippen LogP contribution in [0.3, 0.4) is 0 Å². The predicted molar refractivity (Wildman–Crippen MR) is 111 cm³/mol. The molecule has 1 heterocycles. The average Bonchev–Trinajstić information content (AvgIpc) is 3.20. The van der Waals surface area contributed by atoms with Gasteiger partial charge in [-0.25, -0.2) is 4.79 Å². The van der Waals surface area contributed by atoms with Crippen LogP contribution in [0.15, 0.2) is 54.7 Å². The fourth-order valence-corrected chi connectivity index (χ4v) is 2.74. The Morgan fingerprint density at radius 1 is 1.03 bits per heavy atom. The van der Waals surface area contributed by atoms with E-state index in [1.165, 1.54) is 19.2 Å². The van der Waals surface area contributed by atoms with Gasteiger partial charge in [-0.1, -0.05) is 23.7 Å². The maximum absolute atomic E-state index is 12.4. The van der Waals surface area contributed by atoms with Crippen molar-refractivity contribution in [1.29, 1.82) is 0 Å². The first-order valence-electron chi connectivity index (χ1n) is 8.86. The molecule has 6 nitrogen and oxygen atoms in total. The van der Waals surface area contributed by atoms with Gasteiger partial charge in [0.2, 0.25) is 0 Å². The van der Waals surface area contributed by atoms with Gasteiger partial charge < -0.3 is 15.0 Å². The molecule has 0 saturated heterocycles. The number of aryl methyl sites for hydroxylation is 1. The van der Waals surface area contributed by atoms with Gasteiger partial charge in [-0.2, -0.15) is 0 Å². The molecule has 0 bridgehead atoms. The number of carbonyl (C=O) groups is 3. The number of halogens is 1. The average molecular weight is 411 g/mol. The summed E-state index contributed by atoms with van der Waals surface area (Å²) in [5.74, 6) is -0.946. The van der Waals surface area contributed by atoms with Gasteiger partial charge in [0, 0.05) is 28.0 Å². The third-order valence-corrected chi connectivity index (χ3v) is 4.74. The van der Waals surface area contributed by atoms with Crippen LogP contribution in [0.4, 0.5) is 5.69 Å². The molecule has 148 valence electrons. The van der Waals surface area contributed by atoms with Gasteiger partial charge in [0.1, 0.15) is 12.3 Å². The number of amides is 1. The molecule has 0 unspecified atom stereocenters. The third-order valence-electron chi connectivity index (χ3n) is 4.31. The van der Waals surface area contributed by atoms with Gasteiger partial charge in [-0.3, -0.25) is 9.59 Å². The molecule has 2 aromatic carbocycles. The highest BCUT2D eigenvalue weighted by Gasteiger charge is 2.13.